The maximum absolute atomic E-state index is 12.4. The third-order valence-electron chi connectivity index (χ3n) is 4.00. The summed E-state index contributed by atoms with van der Waals surface area (Å²) in [6.45, 7) is 10.8. The highest BCUT2D eigenvalue weighted by Gasteiger charge is 2.18. The third-order valence-corrected chi connectivity index (χ3v) is 4.74. The number of ether oxygens (including phenoxy) is 1. The summed E-state index contributed by atoms with van der Waals surface area (Å²) in [5, 5.41) is 5.20. The summed E-state index contributed by atoms with van der Waals surface area (Å²) in [6.07, 6.45) is 1.21. The van der Waals surface area contributed by atoms with Crippen LogP contribution in [0.3, 0.4) is 0 Å². The summed E-state index contributed by atoms with van der Waals surface area (Å²) in [6, 6.07) is 7.34. The van der Waals surface area contributed by atoms with Crippen molar-refractivity contribution in [1.29, 1.82) is 0 Å². The molecule has 2 amide bonds. The number of thiazole rings is 1. The Morgan fingerprint density at radius 2 is 1.87 bits per heavy atom. The van der Waals surface area contributed by atoms with Crippen LogP contribution in [-0.2, 0) is 9.57 Å². The molecular weight excluding hydrogens is 404 g/mol. The molecule has 0 aliphatic carbocycles. The van der Waals surface area contributed by atoms with Crippen LogP contribution in [0.15, 0.2) is 29.6 Å². The SMILES string of the molecule is CCCCN(CC)C(=O)Nc1ccc(-c2csc(NOC(=O)OC(C)(C)C)n2)cc1. The predicted molar refractivity (Wildman–Crippen MR) is 120 cm³/mol. The van der Waals surface area contributed by atoms with Gasteiger partial charge in [-0.15, -0.1) is 11.3 Å². The van der Waals surface area contributed by atoms with Crippen LogP contribution in [0.2, 0.25) is 0 Å². The number of rotatable bonds is 8. The van der Waals surface area contributed by atoms with Crippen LogP contribution in [0.1, 0.15) is 47.5 Å². The first-order valence-corrected chi connectivity index (χ1v) is 10.9. The van der Waals surface area contributed by atoms with Crippen molar-refractivity contribution in [3.63, 3.8) is 0 Å². The van der Waals surface area contributed by atoms with E-state index in [0.717, 1.165) is 36.3 Å². The molecule has 0 aliphatic rings. The molecule has 0 atom stereocenters. The molecule has 0 bridgehead atoms. The summed E-state index contributed by atoms with van der Waals surface area (Å²) >= 11 is 1.30. The van der Waals surface area contributed by atoms with Crippen molar-refractivity contribution >= 4 is 34.3 Å². The van der Waals surface area contributed by atoms with Gasteiger partial charge in [0.05, 0.1) is 5.69 Å². The average Bonchev–Trinajstić information content (AvgIpc) is 3.15. The molecule has 1 aromatic carbocycles. The van der Waals surface area contributed by atoms with Crippen LogP contribution in [0.4, 0.5) is 20.4 Å². The normalized spacial score (nSPS) is 11.0. The molecule has 0 saturated carbocycles. The zero-order chi connectivity index (χ0) is 22.1. The van der Waals surface area contributed by atoms with Crippen LogP contribution in [0.25, 0.3) is 11.3 Å². The van der Waals surface area contributed by atoms with Gasteiger partial charge in [0, 0.05) is 29.7 Å². The van der Waals surface area contributed by atoms with E-state index in [9.17, 15) is 9.59 Å². The highest BCUT2D eigenvalue weighted by Crippen LogP contribution is 2.26. The lowest BCUT2D eigenvalue weighted by atomic mass is 10.1. The van der Waals surface area contributed by atoms with E-state index in [4.69, 9.17) is 9.57 Å². The Bertz CT molecular complexity index is 830. The van der Waals surface area contributed by atoms with Gasteiger partial charge in [-0.05, 0) is 46.2 Å². The van der Waals surface area contributed by atoms with Crippen LogP contribution < -0.4 is 10.8 Å². The molecule has 0 fully saturated rings. The predicted octanol–water partition coefficient (Wildman–Crippen LogP) is 5.74. The lowest BCUT2D eigenvalue weighted by Crippen LogP contribution is -2.35. The number of hydrogen-bond donors (Lipinski definition) is 2. The first kappa shape index (κ1) is 23.5. The van der Waals surface area contributed by atoms with Gasteiger partial charge >= 0.3 is 12.2 Å². The van der Waals surface area contributed by atoms with Gasteiger partial charge in [-0.3, -0.25) is 0 Å². The number of unbranched alkanes of at least 4 members (excludes halogenated alkanes) is 1. The standard InChI is InChI=1S/C21H30N4O4S/c1-6-8-13-25(7-2)19(26)22-16-11-9-15(10-12-16)17-14-30-18(23-17)24-29-20(27)28-21(3,4)5/h9-12,14H,6-8,13H2,1-5H3,(H,22,26)(H,23,24). The minimum absolute atomic E-state index is 0.0989. The van der Waals surface area contributed by atoms with Crippen LogP contribution in [-0.4, -0.2) is 40.8 Å². The minimum Gasteiger partial charge on any atom is -0.427 e. The van der Waals surface area contributed by atoms with Crippen molar-refractivity contribution in [2.24, 2.45) is 0 Å². The Balaban J connectivity index is 1.92. The summed E-state index contributed by atoms with van der Waals surface area (Å²) in [4.78, 5) is 35.0. The summed E-state index contributed by atoms with van der Waals surface area (Å²) in [5.41, 5.74) is 4.20. The van der Waals surface area contributed by atoms with Gasteiger partial charge in [0.25, 0.3) is 0 Å². The fourth-order valence-electron chi connectivity index (χ4n) is 2.49. The second kappa shape index (κ2) is 10.8. The Morgan fingerprint density at radius 3 is 2.47 bits per heavy atom. The van der Waals surface area contributed by atoms with Crippen LogP contribution in [0.5, 0.6) is 0 Å². The fraction of sp³-hybridized carbons (Fsp3) is 0.476. The van der Waals surface area contributed by atoms with Crippen molar-refractivity contribution in [1.82, 2.24) is 9.88 Å². The Morgan fingerprint density at radius 1 is 1.17 bits per heavy atom. The molecule has 2 N–H and O–H groups in total. The fourth-order valence-corrected chi connectivity index (χ4v) is 3.14. The first-order valence-electron chi connectivity index (χ1n) is 9.99. The zero-order valence-corrected chi connectivity index (χ0v) is 19.0. The topological polar surface area (TPSA) is 92.8 Å². The minimum atomic E-state index is -0.820. The van der Waals surface area contributed by atoms with E-state index in [-0.39, 0.29) is 6.03 Å². The van der Waals surface area contributed by atoms with E-state index in [1.54, 1.807) is 25.7 Å². The van der Waals surface area contributed by atoms with E-state index in [1.165, 1.54) is 11.3 Å². The molecule has 0 unspecified atom stereocenters. The molecule has 0 spiro atoms. The van der Waals surface area contributed by atoms with Gasteiger partial charge in [0.2, 0.25) is 5.13 Å². The Hall–Kier alpha value is -2.81. The second-order valence-corrected chi connectivity index (χ2v) is 8.51. The van der Waals surface area contributed by atoms with E-state index in [1.807, 2.05) is 36.6 Å². The van der Waals surface area contributed by atoms with Gasteiger partial charge in [-0.1, -0.05) is 25.5 Å². The van der Waals surface area contributed by atoms with Crippen molar-refractivity contribution in [3.8, 4) is 11.3 Å². The molecular formula is C21H30N4O4S. The van der Waals surface area contributed by atoms with Crippen molar-refractivity contribution < 1.29 is 19.2 Å². The van der Waals surface area contributed by atoms with Gasteiger partial charge in [-0.25, -0.2) is 14.6 Å². The number of nitrogens with zero attached hydrogens (tertiary/aromatic N) is 2. The van der Waals surface area contributed by atoms with Gasteiger partial charge in [0.15, 0.2) is 0 Å². The molecule has 0 saturated heterocycles. The maximum atomic E-state index is 12.4. The Kier molecular flexibility index (Phi) is 8.46. The summed E-state index contributed by atoms with van der Waals surface area (Å²) < 4.78 is 5.06. The highest BCUT2D eigenvalue weighted by molar-refractivity contribution is 7.14. The molecule has 1 heterocycles. The number of benzene rings is 1. The van der Waals surface area contributed by atoms with E-state index in [2.05, 4.69) is 22.7 Å². The van der Waals surface area contributed by atoms with Crippen molar-refractivity contribution in [2.75, 3.05) is 23.9 Å². The summed E-state index contributed by atoms with van der Waals surface area (Å²) in [7, 11) is 0. The first-order chi connectivity index (χ1) is 14.2. The van der Waals surface area contributed by atoms with Gasteiger partial charge < -0.3 is 19.8 Å². The number of amides is 2. The van der Waals surface area contributed by atoms with Crippen LogP contribution in [0, 0.1) is 0 Å². The number of aromatic nitrogens is 1. The summed E-state index contributed by atoms with van der Waals surface area (Å²) in [5.74, 6) is 0. The van der Waals surface area contributed by atoms with E-state index >= 15 is 0 Å². The monoisotopic (exact) mass is 434 g/mol. The number of nitrogens with one attached hydrogen (secondary N) is 2. The average molecular weight is 435 g/mol. The van der Waals surface area contributed by atoms with Gasteiger partial charge in [-0.2, -0.15) is 5.48 Å². The molecule has 2 aromatic rings. The lowest BCUT2D eigenvalue weighted by molar-refractivity contribution is 0.00298. The van der Waals surface area contributed by atoms with Crippen molar-refractivity contribution in [2.45, 2.75) is 53.1 Å². The number of carbonyl (C=O) groups is 2. The molecule has 164 valence electrons. The number of carbonyl (C=O) groups excluding carboxylic acids is 2. The molecule has 0 aliphatic heterocycles. The molecule has 9 heteroatoms. The molecule has 0 radical (unpaired) electrons. The highest BCUT2D eigenvalue weighted by atomic mass is 32.1. The van der Waals surface area contributed by atoms with E-state index in [0.29, 0.717) is 11.7 Å². The molecule has 2 rings (SSSR count). The number of urea groups is 1. The second-order valence-electron chi connectivity index (χ2n) is 7.65. The quantitative estimate of drug-likeness (QED) is 0.406. The van der Waals surface area contributed by atoms with Crippen molar-refractivity contribution in [3.05, 3.63) is 29.6 Å². The number of hydrogen-bond acceptors (Lipinski definition) is 7. The number of anilines is 2. The van der Waals surface area contributed by atoms with Gasteiger partial charge in [0.1, 0.15) is 5.60 Å². The van der Waals surface area contributed by atoms with Crippen LogP contribution >= 0.6 is 11.3 Å². The maximum Gasteiger partial charge on any atom is 0.533 e. The largest absolute Gasteiger partial charge is 0.533 e. The smallest absolute Gasteiger partial charge is 0.427 e. The lowest BCUT2D eigenvalue weighted by Gasteiger charge is -2.21. The molecule has 1 aromatic heterocycles. The third kappa shape index (κ3) is 7.55. The molecule has 8 nitrogen and oxygen atoms in total. The zero-order valence-electron chi connectivity index (χ0n) is 18.2. The Labute approximate surface area is 181 Å². The van der Waals surface area contributed by atoms with E-state index < -0.39 is 11.8 Å². The molecule has 30 heavy (non-hydrogen) atoms.